The Labute approximate surface area is 172 Å². The van der Waals surface area contributed by atoms with E-state index in [1.165, 1.54) is 10.1 Å². The number of methoxy groups -OCH3 is 1. The first-order chi connectivity index (χ1) is 14.4. The van der Waals surface area contributed by atoms with Crippen LogP contribution in [0.5, 0.6) is 5.75 Å². The van der Waals surface area contributed by atoms with Crippen molar-refractivity contribution in [1.29, 1.82) is 0 Å². The number of carbonyl (C=O) groups is 2. The molecule has 1 fully saturated rings. The monoisotopic (exact) mass is 416 g/mol. The van der Waals surface area contributed by atoms with Crippen LogP contribution in [0.15, 0.2) is 35.1 Å². The molecule has 1 saturated heterocycles. The van der Waals surface area contributed by atoms with Gasteiger partial charge in [-0.25, -0.2) is 4.98 Å². The summed E-state index contributed by atoms with van der Waals surface area (Å²) >= 11 is 0. The Balaban J connectivity index is 0.000000239. The number of ether oxygens (including phenoxy) is 2. The largest absolute Gasteiger partial charge is 0.501 e. The highest BCUT2D eigenvalue weighted by molar-refractivity contribution is 5.93. The van der Waals surface area contributed by atoms with Crippen LogP contribution in [0.4, 0.5) is 0 Å². The summed E-state index contributed by atoms with van der Waals surface area (Å²) in [7, 11) is 1.70. The lowest BCUT2D eigenvalue weighted by molar-refractivity contribution is -0.114. The summed E-state index contributed by atoms with van der Waals surface area (Å²) in [5.41, 5.74) is 4.11. The third-order valence-electron chi connectivity index (χ3n) is 5.14. The van der Waals surface area contributed by atoms with Crippen LogP contribution >= 0.6 is 0 Å². The maximum absolute atomic E-state index is 12.3. The number of rotatable bonds is 5. The van der Waals surface area contributed by atoms with Gasteiger partial charge in [0.15, 0.2) is 5.69 Å². The van der Waals surface area contributed by atoms with Crippen LogP contribution in [0.1, 0.15) is 34.7 Å². The van der Waals surface area contributed by atoms with E-state index in [9.17, 15) is 19.5 Å². The fourth-order valence-electron chi connectivity index (χ4n) is 3.63. The molecule has 0 aliphatic carbocycles. The zero-order valence-electron chi connectivity index (χ0n) is 16.5. The third kappa shape index (κ3) is 4.19. The number of fused-ring (bicyclic) bond motifs is 2. The van der Waals surface area contributed by atoms with Crippen LogP contribution in [0.3, 0.4) is 0 Å². The zero-order chi connectivity index (χ0) is 21.7. The molecule has 2 unspecified atom stereocenters. The van der Waals surface area contributed by atoms with Crippen LogP contribution in [0.2, 0.25) is 0 Å². The van der Waals surface area contributed by atoms with Crippen LogP contribution in [0.25, 0.3) is 0 Å². The predicted octanol–water partition coefficient (Wildman–Crippen LogP) is 0.0147. The highest BCUT2D eigenvalue weighted by Crippen LogP contribution is 2.35. The van der Waals surface area contributed by atoms with E-state index in [-0.39, 0.29) is 25.1 Å². The molecule has 160 valence electrons. The fourth-order valence-corrected chi connectivity index (χ4v) is 3.63. The molecule has 3 aliphatic rings. The molecule has 0 spiro atoms. The molecular formula is C20H24N4O6. The van der Waals surface area contributed by atoms with E-state index in [1.54, 1.807) is 7.11 Å². The molecule has 3 aliphatic heterocycles. The number of nitrogens with one attached hydrogen (secondary N) is 1. The maximum atomic E-state index is 12.3. The first kappa shape index (κ1) is 21.5. The number of amides is 2. The quantitative estimate of drug-likeness (QED) is 0.582. The molecule has 30 heavy (non-hydrogen) atoms. The van der Waals surface area contributed by atoms with Gasteiger partial charge in [0.2, 0.25) is 12.2 Å². The Kier molecular flexibility index (Phi) is 6.48. The molecule has 4 N–H and O–H groups in total. The lowest BCUT2D eigenvalue weighted by Crippen LogP contribution is -2.50. The van der Waals surface area contributed by atoms with E-state index < -0.39 is 28.4 Å². The Bertz CT molecular complexity index is 967. The molecule has 5 rings (SSSR count). The second-order valence-electron chi connectivity index (χ2n) is 7.15. The number of hydrogen-bond acceptors (Lipinski definition) is 7. The van der Waals surface area contributed by atoms with Gasteiger partial charge >= 0.3 is 0 Å². The number of aromatic hydroxyl groups is 1. The molecule has 0 radical (unpaired) electrons. The molecule has 2 atom stereocenters. The van der Waals surface area contributed by atoms with Gasteiger partial charge in [0.1, 0.15) is 11.4 Å². The zero-order valence-corrected chi connectivity index (χ0v) is 16.5. The fraction of sp³-hybridized carbons (Fsp3) is 0.400. The molecule has 2 aromatic rings. The maximum Gasteiger partial charge on any atom is 0.296 e. The Morgan fingerprint density at radius 2 is 2.20 bits per heavy atom. The number of carbonyl (C=O) groups excluding carboxylic acids is 2. The van der Waals surface area contributed by atoms with Gasteiger partial charge in [-0.05, 0) is 18.4 Å². The summed E-state index contributed by atoms with van der Waals surface area (Å²) in [6.45, 7) is 1.06. The van der Waals surface area contributed by atoms with Gasteiger partial charge in [0.25, 0.3) is 11.5 Å². The Morgan fingerprint density at radius 3 is 2.77 bits per heavy atom. The number of primary amides is 1. The van der Waals surface area contributed by atoms with Crippen molar-refractivity contribution in [2.24, 2.45) is 5.73 Å². The second-order valence-corrected chi connectivity index (χ2v) is 7.15. The molecule has 2 amide bonds. The summed E-state index contributed by atoms with van der Waals surface area (Å²) in [6, 6.07) is 10.1. The van der Waals surface area contributed by atoms with Gasteiger partial charge in [-0.3, -0.25) is 19.0 Å². The Morgan fingerprint density at radius 1 is 1.47 bits per heavy atom. The van der Waals surface area contributed by atoms with Crippen LogP contribution in [-0.2, 0) is 33.0 Å². The van der Waals surface area contributed by atoms with E-state index >= 15 is 0 Å². The summed E-state index contributed by atoms with van der Waals surface area (Å²) in [6.07, 6.45) is 1.44. The highest BCUT2D eigenvalue weighted by atomic mass is 16.5. The minimum absolute atomic E-state index is 0.145. The van der Waals surface area contributed by atoms with Crippen molar-refractivity contribution >= 4 is 12.3 Å². The summed E-state index contributed by atoms with van der Waals surface area (Å²) in [4.78, 5) is 38.6. The van der Waals surface area contributed by atoms with E-state index in [4.69, 9.17) is 15.2 Å². The first-order valence-corrected chi connectivity index (χ1v) is 9.41. The SMILES string of the molecule is COCc1ccccc1.NC(=O)c1nc2n(c(=O)c1O)CC1CCC2(NC=O)CO1. The highest BCUT2D eigenvalue weighted by Gasteiger charge is 2.45. The van der Waals surface area contributed by atoms with Crippen molar-refractivity contribution in [2.75, 3.05) is 13.7 Å². The van der Waals surface area contributed by atoms with Gasteiger partial charge in [-0.1, -0.05) is 30.3 Å². The first-order valence-electron chi connectivity index (χ1n) is 9.41. The number of benzene rings is 1. The lowest BCUT2D eigenvalue weighted by atomic mass is 9.90. The van der Waals surface area contributed by atoms with Crippen molar-refractivity contribution in [2.45, 2.75) is 37.6 Å². The Hall–Kier alpha value is -3.24. The van der Waals surface area contributed by atoms with E-state index in [1.807, 2.05) is 30.3 Å². The minimum atomic E-state index is -1.01. The normalized spacial score (nSPS) is 21.6. The lowest BCUT2D eigenvalue weighted by Gasteiger charge is -2.35. The average Bonchev–Trinajstić information content (AvgIpc) is 2.98. The molecule has 10 heteroatoms. The van der Waals surface area contributed by atoms with Gasteiger partial charge < -0.3 is 25.6 Å². The number of aromatic nitrogens is 2. The number of hydrogen-bond donors (Lipinski definition) is 3. The average molecular weight is 416 g/mol. The number of nitrogens with zero attached hydrogens (tertiary/aromatic N) is 2. The third-order valence-corrected chi connectivity index (χ3v) is 5.14. The topological polar surface area (TPSA) is 146 Å². The van der Waals surface area contributed by atoms with Crippen LogP contribution in [0, 0.1) is 0 Å². The molecule has 1 aromatic carbocycles. The van der Waals surface area contributed by atoms with E-state index in [2.05, 4.69) is 10.3 Å². The summed E-state index contributed by atoms with van der Waals surface area (Å²) in [5, 5.41) is 12.4. The van der Waals surface area contributed by atoms with E-state index in [0.29, 0.717) is 25.9 Å². The second kappa shape index (κ2) is 9.06. The molecular weight excluding hydrogens is 392 g/mol. The number of nitrogens with two attached hydrogens (primary N) is 1. The van der Waals surface area contributed by atoms with Gasteiger partial charge in [-0.15, -0.1) is 0 Å². The molecule has 0 saturated carbocycles. The molecule has 1 aromatic heterocycles. The summed E-state index contributed by atoms with van der Waals surface area (Å²) in [5.74, 6) is -1.60. The van der Waals surface area contributed by atoms with Crippen molar-refractivity contribution in [3.05, 3.63) is 57.8 Å². The van der Waals surface area contributed by atoms with Crippen LogP contribution in [-0.4, -0.2) is 46.8 Å². The van der Waals surface area contributed by atoms with Crippen molar-refractivity contribution in [3.8, 4) is 5.75 Å². The van der Waals surface area contributed by atoms with Gasteiger partial charge in [-0.2, -0.15) is 0 Å². The van der Waals surface area contributed by atoms with Gasteiger partial charge in [0, 0.05) is 7.11 Å². The van der Waals surface area contributed by atoms with Crippen molar-refractivity contribution < 1.29 is 24.2 Å². The molecule has 10 nitrogen and oxygen atoms in total. The molecule has 2 bridgehead atoms. The van der Waals surface area contributed by atoms with E-state index in [0.717, 1.165) is 0 Å². The van der Waals surface area contributed by atoms with Crippen molar-refractivity contribution in [1.82, 2.24) is 14.9 Å². The van der Waals surface area contributed by atoms with Crippen molar-refractivity contribution in [3.63, 3.8) is 0 Å². The smallest absolute Gasteiger partial charge is 0.296 e. The molecule has 4 heterocycles. The van der Waals surface area contributed by atoms with Crippen LogP contribution < -0.4 is 16.6 Å². The predicted molar refractivity (Wildman–Crippen MR) is 106 cm³/mol. The van der Waals surface area contributed by atoms with Gasteiger partial charge in [0.05, 0.1) is 25.9 Å². The summed E-state index contributed by atoms with van der Waals surface area (Å²) < 4.78 is 11.8. The minimum Gasteiger partial charge on any atom is -0.501 e. The standard InChI is InChI=1S/C12H14N4O5.C8H10O/c13-9(19)7-8(18)10(20)16-3-6-1-2-12(4-21-6,14-5-17)11(16)15-7;1-9-7-8-5-3-2-4-6-8/h5-6,18H,1-4H2,(H2,13,19)(H,14,17);2-6H,7H2,1H3.